The molecule has 1 aliphatic heterocycles. The van der Waals surface area contributed by atoms with E-state index in [-0.39, 0.29) is 36.2 Å². The predicted molar refractivity (Wildman–Crippen MR) is 72.6 cm³/mol. The van der Waals surface area contributed by atoms with Gasteiger partial charge < -0.3 is 20.5 Å². The first-order valence-corrected chi connectivity index (χ1v) is 7.24. The Hall–Kier alpha value is -0.650. The first kappa shape index (κ1) is 14.8. The van der Waals surface area contributed by atoms with Crippen LogP contribution in [0.1, 0.15) is 39.5 Å². The molecule has 0 aromatic heterocycles. The van der Waals surface area contributed by atoms with E-state index in [9.17, 15) is 9.90 Å². The smallest absolute Gasteiger partial charge is 0.225 e. The number of rotatable bonds is 2. The van der Waals surface area contributed by atoms with E-state index < -0.39 is 0 Å². The summed E-state index contributed by atoms with van der Waals surface area (Å²) in [4.78, 5) is 14.4. The minimum Gasteiger partial charge on any atom is -0.394 e. The van der Waals surface area contributed by atoms with Gasteiger partial charge in [0.15, 0.2) is 0 Å². The Kier molecular flexibility index (Phi) is 4.48. The third kappa shape index (κ3) is 3.68. The summed E-state index contributed by atoms with van der Waals surface area (Å²) in [6.45, 7) is 4.99. The Balaban J connectivity index is 1.98. The second-order valence-electron chi connectivity index (χ2n) is 6.51. The van der Waals surface area contributed by atoms with E-state index in [0.29, 0.717) is 13.1 Å². The molecular weight excluding hydrogens is 244 g/mol. The van der Waals surface area contributed by atoms with Crippen LogP contribution in [0.25, 0.3) is 0 Å². The van der Waals surface area contributed by atoms with Crippen molar-refractivity contribution in [3.8, 4) is 0 Å². The lowest BCUT2D eigenvalue weighted by atomic mass is 9.85. The van der Waals surface area contributed by atoms with Crippen molar-refractivity contribution in [1.82, 2.24) is 4.90 Å². The van der Waals surface area contributed by atoms with Gasteiger partial charge in [-0.15, -0.1) is 0 Å². The predicted octanol–water partition coefficient (Wildman–Crippen LogP) is 0.502. The second kappa shape index (κ2) is 5.77. The highest BCUT2D eigenvalue weighted by Gasteiger charge is 2.38. The summed E-state index contributed by atoms with van der Waals surface area (Å²) in [5.41, 5.74) is 5.50. The molecule has 1 atom stereocenters. The number of aliphatic hydroxyl groups is 1. The van der Waals surface area contributed by atoms with Crippen molar-refractivity contribution < 1.29 is 14.6 Å². The summed E-state index contributed by atoms with van der Waals surface area (Å²) < 4.78 is 5.74. The molecule has 3 N–H and O–H groups in total. The third-order valence-electron chi connectivity index (χ3n) is 4.12. The number of ether oxygens (including phenoxy) is 1. The van der Waals surface area contributed by atoms with Gasteiger partial charge in [0.2, 0.25) is 5.91 Å². The van der Waals surface area contributed by atoms with E-state index in [0.717, 1.165) is 25.7 Å². The monoisotopic (exact) mass is 270 g/mol. The van der Waals surface area contributed by atoms with Gasteiger partial charge in [-0.3, -0.25) is 4.79 Å². The van der Waals surface area contributed by atoms with Crippen LogP contribution < -0.4 is 5.73 Å². The topological polar surface area (TPSA) is 75.8 Å². The summed E-state index contributed by atoms with van der Waals surface area (Å²) in [6, 6.07) is 0.260. The van der Waals surface area contributed by atoms with Gasteiger partial charge in [-0.1, -0.05) is 0 Å². The molecule has 1 unspecified atom stereocenters. The van der Waals surface area contributed by atoms with Crippen LogP contribution in [0.15, 0.2) is 0 Å². The number of hydrogen-bond acceptors (Lipinski definition) is 4. The second-order valence-corrected chi connectivity index (χ2v) is 6.51. The van der Waals surface area contributed by atoms with Gasteiger partial charge in [-0.05, 0) is 39.5 Å². The van der Waals surface area contributed by atoms with Gasteiger partial charge >= 0.3 is 0 Å². The van der Waals surface area contributed by atoms with Crippen LogP contribution in [-0.4, -0.2) is 53.4 Å². The first-order chi connectivity index (χ1) is 8.91. The molecule has 2 fully saturated rings. The van der Waals surface area contributed by atoms with Crippen LogP contribution in [0, 0.1) is 5.92 Å². The molecule has 1 aliphatic carbocycles. The number of nitrogens with two attached hydrogens (primary N) is 1. The summed E-state index contributed by atoms with van der Waals surface area (Å²) in [5.74, 6) is 0.315. The largest absolute Gasteiger partial charge is 0.394 e. The Morgan fingerprint density at radius 3 is 2.58 bits per heavy atom. The van der Waals surface area contributed by atoms with E-state index in [4.69, 9.17) is 10.5 Å². The van der Waals surface area contributed by atoms with Crippen LogP contribution in [0.4, 0.5) is 0 Å². The van der Waals surface area contributed by atoms with E-state index in [1.54, 1.807) is 0 Å². The molecule has 1 saturated carbocycles. The van der Waals surface area contributed by atoms with Gasteiger partial charge in [-0.25, -0.2) is 0 Å². The number of aliphatic hydroxyl groups excluding tert-OH is 1. The third-order valence-corrected chi connectivity index (χ3v) is 4.12. The van der Waals surface area contributed by atoms with Gasteiger partial charge in [0.1, 0.15) is 0 Å². The summed E-state index contributed by atoms with van der Waals surface area (Å²) >= 11 is 0. The highest BCUT2D eigenvalue weighted by molar-refractivity contribution is 5.79. The molecule has 2 rings (SSSR count). The van der Waals surface area contributed by atoms with Crippen LogP contribution in [0.3, 0.4) is 0 Å². The fraction of sp³-hybridized carbons (Fsp3) is 0.929. The molecule has 1 amide bonds. The molecule has 19 heavy (non-hydrogen) atoms. The minimum absolute atomic E-state index is 0.0389. The average molecular weight is 270 g/mol. The molecule has 2 aliphatic rings. The normalized spacial score (nSPS) is 35.2. The van der Waals surface area contributed by atoms with Gasteiger partial charge in [0.05, 0.1) is 18.3 Å². The van der Waals surface area contributed by atoms with Gasteiger partial charge in [-0.2, -0.15) is 0 Å². The summed E-state index contributed by atoms with van der Waals surface area (Å²) in [7, 11) is 0. The lowest BCUT2D eigenvalue weighted by molar-refractivity contribution is -0.170. The molecule has 5 nitrogen and oxygen atoms in total. The SMILES string of the molecule is CC1(C)CN(C(=O)C2CCC(N)CC2)CC(CO)O1. The number of carbonyl (C=O) groups excluding carboxylic acids is 1. The maximum Gasteiger partial charge on any atom is 0.225 e. The first-order valence-electron chi connectivity index (χ1n) is 7.24. The zero-order chi connectivity index (χ0) is 14.0. The van der Waals surface area contributed by atoms with Crippen LogP contribution in [0.2, 0.25) is 0 Å². The Labute approximate surface area is 115 Å². The highest BCUT2D eigenvalue weighted by Crippen LogP contribution is 2.28. The lowest BCUT2D eigenvalue weighted by Gasteiger charge is -2.43. The molecule has 0 radical (unpaired) electrons. The Morgan fingerprint density at radius 1 is 1.37 bits per heavy atom. The standard InChI is InChI=1S/C14H26N2O3/c1-14(2)9-16(7-12(8-17)19-14)13(18)10-3-5-11(15)6-4-10/h10-12,17H,3-9,15H2,1-2H3. The van der Waals surface area contributed by atoms with E-state index >= 15 is 0 Å². The van der Waals surface area contributed by atoms with Crippen molar-refractivity contribution in [1.29, 1.82) is 0 Å². The van der Waals surface area contributed by atoms with Crippen molar-refractivity contribution >= 4 is 5.91 Å². The van der Waals surface area contributed by atoms with Gasteiger partial charge in [0.25, 0.3) is 0 Å². The molecule has 5 heteroatoms. The van der Waals surface area contributed by atoms with Crippen molar-refractivity contribution in [2.45, 2.75) is 57.3 Å². The zero-order valence-electron chi connectivity index (χ0n) is 12.0. The number of carbonyl (C=O) groups is 1. The Bertz CT molecular complexity index is 325. The fourth-order valence-electron chi connectivity index (χ4n) is 3.18. The van der Waals surface area contributed by atoms with E-state index in [1.807, 2.05) is 18.7 Å². The average Bonchev–Trinajstić information content (AvgIpc) is 2.37. The fourth-order valence-corrected chi connectivity index (χ4v) is 3.18. The molecule has 110 valence electrons. The molecule has 0 aromatic carbocycles. The molecule has 1 saturated heterocycles. The Morgan fingerprint density at radius 2 is 2.00 bits per heavy atom. The molecule has 0 spiro atoms. The van der Waals surface area contributed by atoms with Crippen molar-refractivity contribution in [2.24, 2.45) is 11.7 Å². The maximum absolute atomic E-state index is 12.6. The summed E-state index contributed by atoms with van der Waals surface area (Å²) in [5, 5.41) is 9.29. The summed E-state index contributed by atoms with van der Waals surface area (Å²) in [6.07, 6.45) is 3.39. The van der Waals surface area contributed by atoms with Crippen molar-refractivity contribution in [3.05, 3.63) is 0 Å². The maximum atomic E-state index is 12.6. The van der Waals surface area contributed by atoms with Crippen molar-refractivity contribution in [2.75, 3.05) is 19.7 Å². The minimum atomic E-state index is -0.383. The molecule has 0 aromatic rings. The quantitative estimate of drug-likeness (QED) is 0.766. The van der Waals surface area contributed by atoms with E-state index in [2.05, 4.69) is 0 Å². The highest BCUT2D eigenvalue weighted by atomic mass is 16.5. The zero-order valence-corrected chi connectivity index (χ0v) is 12.0. The van der Waals surface area contributed by atoms with Crippen LogP contribution >= 0.6 is 0 Å². The molecule has 0 bridgehead atoms. The number of morpholine rings is 1. The number of nitrogens with zero attached hydrogens (tertiary/aromatic N) is 1. The number of amides is 1. The van der Waals surface area contributed by atoms with E-state index in [1.165, 1.54) is 0 Å². The molecular formula is C14H26N2O3. The van der Waals surface area contributed by atoms with Crippen LogP contribution in [0.5, 0.6) is 0 Å². The molecule has 1 heterocycles. The van der Waals surface area contributed by atoms with Gasteiger partial charge in [0, 0.05) is 25.0 Å². The van der Waals surface area contributed by atoms with Crippen molar-refractivity contribution in [3.63, 3.8) is 0 Å². The lowest BCUT2D eigenvalue weighted by Crippen LogP contribution is -2.57. The van der Waals surface area contributed by atoms with Crippen LogP contribution in [-0.2, 0) is 9.53 Å². The number of hydrogen-bond donors (Lipinski definition) is 2.